The van der Waals surface area contributed by atoms with Gasteiger partial charge in [0.05, 0.1) is 6.61 Å². The number of rotatable bonds is 0. The zero-order valence-electron chi connectivity index (χ0n) is 9.19. The number of halogens is 3. The summed E-state index contributed by atoms with van der Waals surface area (Å²) in [6.45, 7) is 3.09. The Labute approximate surface area is 92.2 Å². The Bertz CT molecular complexity index is 411. The molecule has 0 saturated carbocycles. The molecular formula is C12H13F3O. The second-order valence-corrected chi connectivity index (χ2v) is 4.29. The van der Waals surface area contributed by atoms with Gasteiger partial charge in [-0.15, -0.1) is 0 Å². The molecule has 0 amide bonds. The zero-order valence-corrected chi connectivity index (χ0v) is 9.19. The van der Waals surface area contributed by atoms with Crippen molar-refractivity contribution in [2.24, 2.45) is 0 Å². The van der Waals surface area contributed by atoms with Gasteiger partial charge in [0, 0.05) is 0 Å². The van der Waals surface area contributed by atoms with Crippen molar-refractivity contribution >= 4 is 0 Å². The minimum Gasteiger partial charge on any atom is -0.361 e. The van der Waals surface area contributed by atoms with E-state index in [0.29, 0.717) is 6.42 Å². The van der Waals surface area contributed by atoms with Crippen LogP contribution in [0.25, 0.3) is 0 Å². The molecule has 1 aromatic rings. The lowest BCUT2D eigenvalue weighted by molar-refractivity contribution is -0.281. The Kier molecular flexibility index (Phi) is 2.49. The molecule has 1 aromatic carbocycles. The van der Waals surface area contributed by atoms with Crippen LogP contribution in [0.2, 0.25) is 0 Å². The van der Waals surface area contributed by atoms with Crippen molar-refractivity contribution in [2.75, 3.05) is 6.61 Å². The summed E-state index contributed by atoms with van der Waals surface area (Å²) in [5.74, 6) is 0. The molecule has 0 fully saturated rings. The summed E-state index contributed by atoms with van der Waals surface area (Å²) in [6.07, 6.45) is -3.83. The maximum atomic E-state index is 13.0. The number of hydrogen-bond donors (Lipinski definition) is 0. The molecule has 88 valence electrons. The van der Waals surface area contributed by atoms with Gasteiger partial charge in [-0.1, -0.05) is 23.8 Å². The summed E-state index contributed by atoms with van der Waals surface area (Å²) in [4.78, 5) is 0. The van der Waals surface area contributed by atoms with Gasteiger partial charge in [0.15, 0.2) is 5.60 Å². The summed E-state index contributed by atoms with van der Waals surface area (Å²) < 4.78 is 43.9. The van der Waals surface area contributed by atoms with E-state index in [0.717, 1.165) is 18.1 Å². The third-order valence-corrected chi connectivity index (χ3v) is 3.08. The molecule has 0 radical (unpaired) electrons. The van der Waals surface area contributed by atoms with Gasteiger partial charge in [-0.3, -0.25) is 0 Å². The van der Waals surface area contributed by atoms with E-state index in [2.05, 4.69) is 0 Å². The number of ether oxygens (including phenoxy) is 1. The topological polar surface area (TPSA) is 9.23 Å². The Morgan fingerprint density at radius 2 is 2.00 bits per heavy atom. The SMILES string of the molecule is Cc1ccc2c(c1)CCOC2(C)C(F)(F)F. The van der Waals surface area contributed by atoms with Gasteiger partial charge in [0.2, 0.25) is 0 Å². The molecule has 1 aliphatic rings. The monoisotopic (exact) mass is 230 g/mol. The van der Waals surface area contributed by atoms with Gasteiger partial charge >= 0.3 is 6.18 Å². The molecular weight excluding hydrogens is 217 g/mol. The first-order valence-corrected chi connectivity index (χ1v) is 5.15. The standard InChI is InChI=1S/C12H13F3O/c1-8-3-4-10-9(7-8)5-6-16-11(10,2)12(13,14)15/h3-4,7H,5-6H2,1-2H3. The number of benzene rings is 1. The predicted octanol–water partition coefficient (Wildman–Crippen LogP) is 3.35. The third kappa shape index (κ3) is 1.61. The average Bonchev–Trinajstić information content (AvgIpc) is 2.15. The Morgan fingerprint density at radius 3 is 2.62 bits per heavy atom. The Hall–Kier alpha value is -1.03. The molecule has 1 unspecified atom stereocenters. The maximum Gasteiger partial charge on any atom is 0.421 e. The van der Waals surface area contributed by atoms with Crippen molar-refractivity contribution in [1.29, 1.82) is 0 Å². The van der Waals surface area contributed by atoms with Crippen LogP contribution in [0.4, 0.5) is 13.2 Å². The van der Waals surface area contributed by atoms with Gasteiger partial charge < -0.3 is 4.74 Å². The van der Waals surface area contributed by atoms with Gasteiger partial charge in [0.25, 0.3) is 0 Å². The Morgan fingerprint density at radius 1 is 1.31 bits per heavy atom. The molecule has 1 atom stereocenters. The molecule has 0 saturated heterocycles. The molecule has 0 aromatic heterocycles. The Balaban J connectivity index is 2.56. The highest BCUT2D eigenvalue weighted by Crippen LogP contribution is 2.45. The molecule has 2 rings (SSSR count). The van der Waals surface area contributed by atoms with Crippen LogP contribution in [-0.2, 0) is 16.8 Å². The van der Waals surface area contributed by atoms with Crippen molar-refractivity contribution in [3.63, 3.8) is 0 Å². The average molecular weight is 230 g/mol. The zero-order chi connectivity index (χ0) is 12.0. The highest BCUT2D eigenvalue weighted by Gasteiger charge is 2.55. The normalized spacial score (nSPS) is 25.3. The van der Waals surface area contributed by atoms with Crippen LogP contribution >= 0.6 is 0 Å². The van der Waals surface area contributed by atoms with Gasteiger partial charge in [-0.25, -0.2) is 0 Å². The number of aryl methyl sites for hydroxylation is 1. The molecule has 0 N–H and O–H groups in total. The van der Waals surface area contributed by atoms with E-state index in [-0.39, 0.29) is 12.2 Å². The van der Waals surface area contributed by atoms with Crippen molar-refractivity contribution < 1.29 is 17.9 Å². The lowest BCUT2D eigenvalue weighted by atomic mass is 9.86. The van der Waals surface area contributed by atoms with E-state index in [9.17, 15) is 13.2 Å². The van der Waals surface area contributed by atoms with Gasteiger partial charge in [0.1, 0.15) is 0 Å². The predicted molar refractivity (Wildman–Crippen MR) is 54.2 cm³/mol. The largest absolute Gasteiger partial charge is 0.421 e. The summed E-state index contributed by atoms with van der Waals surface area (Å²) >= 11 is 0. The molecule has 1 heterocycles. The molecule has 0 bridgehead atoms. The fourth-order valence-corrected chi connectivity index (χ4v) is 2.07. The van der Waals surface area contributed by atoms with Crippen molar-refractivity contribution in [3.05, 3.63) is 34.9 Å². The first-order valence-electron chi connectivity index (χ1n) is 5.15. The second kappa shape index (κ2) is 3.48. The summed E-state index contributed by atoms with van der Waals surface area (Å²) in [6, 6.07) is 5.02. The van der Waals surface area contributed by atoms with E-state index < -0.39 is 11.8 Å². The van der Waals surface area contributed by atoms with Crippen LogP contribution in [-0.4, -0.2) is 12.8 Å². The second-order valence-electron chi connectivity index (χ2n) is 4.29. The minimum atomic E-state index is -4.38. The fraction of sp³-hybridized carbons (Fsp3) is 0.500. The van der Waals surface area contributed by atoms with Crippen LogP contribution in [0, 0.1) is 6.92 Å². The number of hydrogen-bond acceptors (Lipinski definition) is 1. The highest BCUT2D eigenvalue weighted by atomic mass is 19.4. The van der Waals surface area contributed by atoms with E-state index in [1.54, 1.807) is 6.07 Å². The van der Waals surface area contributed by atoms with Crippen molar-refractivity contribution in [2.45, 2.75) is 32.0 Å². The van der Waals surface area contributed by atoms with Crippen LogP contribution in [0.15, 0.2) is 18.2 Å². The van der Waals surface area contributed by atoms with E-state index in [4.69, 9.17) is 4.74 Å². The van der Waals surface area contributed by atoms with Gasteiger partial charge in [-0.05, 0) is 31.4 Å². The van der Waals surface area contributed by atoms with Crippen LogP contribution in [0.3, 0.4) is 0 Å². The van der Waals surface area contributed by atoms with E-state index >= 15 is 0 Å². The summed E-state index contributed by atoms with van der Waals surface area (Å²) in [5, 5.41) is 0. The van der Waals surface area contributed by atoms with Crippen LogP contribution < -0.4 is 0 Å². The smallest absolute Gasteiger partial charge is 0.361 e. The summed E-state index contributed by atoms with van der Waals surface area (Å²) in [7, 11) is 0. The lowest BCUT2D eigenvalue weighted by Gasteiger charge is -2.37. The lowest BCUT2D eigenvalue weighted by Crippen LogP contribution is -2.45. The molecule has 0 spiro atoms. The first-order chi connectivity index (χ1) is 7.34. The van der Waals surface area contributed by atoms with Crippen molar-refractivity contribution in [1.82, 2.24) is 0 Å². The molecule has 1 nitrogen and oxygen atoms in total. The molecule has 4 heteroatoms. The van der Waals surface area contributed by atoms with E-state index in [1.807, 2.05) is 13.0 Å². The van der Waals surface area contributed by atoms with Crippen molar-refractivity contribution in [3.8, 4) is 0 Å². The molecule has 16 heavy (non-hydrogen) atoms. The molecule has 0 aliphatic carbocycles. The minimum absolute atomic E-state index is 0.118. The number of alkyl halides is 3. The van der Waals surface area contributed by atoms with E-state index in [1.165, 1.54) is 6.07 Å². The quantitative estimate of drug-likeness (QED) is 0.664. The first kappa shape index (κ1) is 11.5. The third-order valence-electron chi connectivity index (χ3n) is 3.08. The van der Waals surface area contributed by atoms with Crippen LogP contribution in [0.5, 0.6) is 0 Å². The van der Waals surface area contributed by atoms with Crippen LogP contribution in [0.1, 0.15) is 23.6 Å². The highest BCUT2D eigenvalue weighted by molar-refractivity contribution is 5.38. The van der Waals surface area contributed by atoms with Gasteiger partial charge in [-0.2, -0.15) is 13.2 Å². The number of fused-ring (bicyclic) bond motifs is 1. The molecule has 1 aliphatic heterocycles. The fourth-order valence-electron chi connectivity index (χ4n) is 2.07. The maximum absolute atomic E-state index is 13.0. The summed E-state index contributed by atoms with van der Waals surface area (Å²) in [5.41, 5.74) is -0.193.